The van der Waals surface area contributed by atoms with Crippen molar-refractivity contribution in [3.63, 3.8) is 0 Å². The van der Waals surface area contributed by atoms with E-state index < -0.39 is 5.97 Å². The van der Waals surface area contributed by atoms with Crippen LogP contribution in [0, 0.1) is 6.92 Å². The lowest BCUT2D eigenvalue weighted by Crippen LogP contribution is -2.16. The molecule has 98 valence electrons. The predicted molar refractivity (Wildman–Crippen MR) is 67.0 cm³/mol. The van der Waals surface area contributed by atoms with E-state index in [-0.39, 0.29) is 23.8 Å². The molecule has 0 unspecified atom stereocenters. The minimum absolute atomic E-state index is 0.0395. The van der Waals surface area contributed by atoms with Gasteiger partial charge < -0.3 is 9.63 Å². The first-order valence-electron chi connectivity index (χ1n) is 5.60. The molecule has 0 aliphatic heterocycles. The van der Waals surface area contributed by atoms with E-state index in [4.69, 9.17) is 9.63 Å². The molecule has 2 rings (SSSR count). The summed E-state index contributed by atoms with van der Waals surface area (Å²) < 4.78 is 4.85. The zero-order valence-corrected chi connectivity index (χ0v) is 10.2. The van der Waals surface area contributed by atoms with Crippen LogP contribution in [0.3, 0.4) is 0 Å². The van der Waals surface area contributed by atoms with Gasteiger partial charge in [0.2, 0.25) is 11.8 Å². The number of hydrogen-bond acceptors (Lipinski definition) is 4. The third-order valence-electron chi connectivity index (χ3n) is 2.49. The van der Waals surface area contributed by atoms with Gasteiger partial charge in [-0.3, -0.25) is 10.1 Å². The van der Waals surface area contributed by atoms with Crippen LogP contribution >= 0.6 is 0 Å². The molecule has 0 bridgehead atoms. The number of nitrogens with one attached hydrogen (secondary N) is 1. The first-order valence-corrected chi connectivity index (χ1v) is 5.60. The summed E-state index contributed by atoms with van der Waals surface area (Å²) >= 11 is 0. The molecule has 1 aromatic heterocycles. The Morgan fingerprint density at radius 2 is 2.11 bits per heavy atom. The molecule has 6 nitrogen and oxygen atoms in total. The second kappa shape index (κ2) is 5.34. The monoisotopic (exact) mass is 260 g/mol. The standard InChI is InChI=1S/C13H12N2O4/c1-8-6-12(19-15-8)14-11(16)7-9-4-2-3-5-10(9)13(17)18/h2-6H,7H2,1H3,(H,14,16)(H,17,18). The average molecular weight is 260 g/mol. The molecular formula is C13H12N2O4. The second-order valence-electron chi connectivity index (χ2n) is 4.02. The van der Waals surface area contributed by atoms with E-state index in [0.717, 1.165) is 0 Å². The minimum Gasteiger partial charge on any atom is -0.478 e. The van der Waals surface area contributed by atoms with Gasteiger partial charge in [-0.2, -0.15) is 0 Å². The average Bonchev–Trinajstić information content (AvgIpc) is 2.75. The smallest absolute Gasteiger partial charge is 0.335 e. The van der Waals surface area contributed by atoms with E-state index in [1.54, 1.807) is 31.2 Å². The lowest BCUT2D eigenvalue weighted by Gasteiger charge is -2.05. The molecule has 0 saturated carbocycles. The Kier molecular flexibility index (Phi) is 3.61. The van der Waals surface area contributed by atoms with E-state index in [9.17, 15) is 9.59 Å². The van der Waals surface area contributed by atoms with Crippen LogP contribution < -0.4 is 5.32 Å². The Labute approximate surface area is 109 Å². The molecular weight excluding hydrogens is 248 g/mol. The fourth-order valence-electron chi connectivity index (χ4n) is 1.66. The number of benzene rings is 1. The molecule has 0 spiro atoms. The van der Waals surface area contributed by atoms with E-state index in [0.29, 0.717) is 11.3 Å². The molecule has 0 radical (unpaired) electrons. The third kappa shape index (κ3) is 3.19. The quantitative estimate of drug-likeness (QED) is 0.875. The van der Waals surface area contributed by atoms with E-state index in [1.807, 2.05) is 0 Å². The highest BCUT2D eigenvalue weighted by Gasteiger charge is 2.13. The molecule has 1 heterocycles. The number of rotatable bonds is 4. The summed E-state index contributed by atoms with van der Waals surface area (Å²) in [6, 6.07) is 7.96. The molecule has 0 atom stereocenters. The summed E-state index contributed by atoms with van der Waals surface area (Å²) in [5.74, 6) is -1.17. The first-order chi connectivity index (χ1) is 9.06. The van der Waals surface area contributed by atoms with Gasteiger partial charge in [-0.1, -0.05) is 23.4 Å². The molecule has 0 saturated heterocycles. The van der Waals surface area contributed by atoms with Crippen LogP contribution in [-0.2, 0) is 11.2 Å². The summed E-state index contributed by atoms with van der Waals surface area (Å²) in [6.45, 7) is 1.74. The van der Waals surface area contributed by atoms with Crippen molar-refractivity contribution in [2.75, 3.05) is 5.32 Å². The van der Waals surface area contributed by atoms with Crippen LogP contribution in [0.15, 0.2) is 34.9 Å². The van der Waals surface area contributed by atoms with Gasteiger partial charge in [0.15, 0.2) is 0 Å². The summed E-state index contributed by atoms with van der Waals surface area (Å²) in [6.07, 6.45) is -0.0395. The molecule has 2 aromatic rings. The van der Waals surface area contributed by atoms with Crippen LogP contribution in [0.5, 0.6) is 0 Å². The highest BCUT2D eigenvalue weighted by Crippen LogP contribution is 2.12. The molecule has 1 aromatic carbocycles. The fourth-order valence-corrected chi connectivity index (χ4v) is 1.66. The third-order valence-corrected chi connectivity index (χ3v) is 2.49. The maximum atomic E-state index is 11.8. The number of carbonyl (C=O) groups is 2. The van der Waals surface area contributed by atoms with Gasteiger partial charge in [0, 0.05) is 6.07 Å². The summed E-state index contributed by atoms with van der Waals surface area (Å²) in [5.41, 5.74) is 1.22. The number of amides is 1. The number of anilines is 1. The topological polar surface area (TPSA) is 92.4 Å². The SMILES string of the molecule is Cc1cc(NC(=O)Cc2ccccc2C(=O)O)on1. The molecule has 2 N–H and O–H groups in total. The Bertz CT molecular complexity index is 619. The highest BCUT2D eigenvalue weighted by atomic mass is 16.5. The molecule has 1 amide bonds. The summed E-state index contributed by atoms with van der Waals surface area (Å²) in [4.78, 5) is 22.8. The van der Waals surface area contributed by atoms with E-state index >= 15 is 0 Å². The maximum Gasteiger partial charge on any atom is 0.335 e. The van der Waals surface area contributed by atoms with Crippen molar-refractivity contribution in [2.45, 2.75) is 13.3 Å². The largest absolute Gasteiger partial charge is 0.478 e. The van der Waals surface area contributed by atoms with Crippen molar-refractivity contribution in [3.05, 3.63) is 47.2 Å². The maximum absolute atomic E-state index is 11.8. The van der Waals surface area contributed by atoms with E-state index in [2.05, 4.69) is 10.5 Å². The zero-order valence-electron chi connectivity index (χ0n) is 10.2. The number of aromatic nitrogens is 1. The summed E-state index contributed by atoms with van der Waals surface area (Å²) in [7, 11) is 0. The Morgan fingerprint density at radius 3 is 2.74 bits per heavy atom. The van der Waals surface area contributed by atoms with Gasteiger partial charge in [0.1, 0.15) is 0 Å². The van der Waals surface area contributed by atoms with Crippen molar-refractivity contribution in [1.82, 2.24) is 5.16 Å². The van der Waals surface area contributed by atoms with Crippen LogP contribution in [0.1, 0.15) is 21.6 Å². The van der Waals surface area contributed by atoms with Crippen LogP contribution in [-0.4, -0.2) is 22.1 Å². The molecule has 0 aliphatic carbocycles. The Morgan fingerprint density at radius 1 is 1.37 bits per heavy atom. The van der Waals surface area contributed by atoms with Crippen LogP contribution in [0.4, 0.5) is 5.88 Å². The Balaban J connectivity index is 2.09. The van der Waals surface area contributed by atoms with Crippen molar-refractivity contribution in [3.8, 4) is 0 Å². The number of carboxylic acids is 1. The Hall–Kier alpha value is -2.63. The summed E-state index contributed by atoms with van der Waals surface area (Å²) in [5, 5.41) is 15.2. The number of carboxylic acid groups (broad SMARTS) is 1. The van der Waals surface area contributed by atoms with Gasteiger partial charge in [0.05, 0.1) is 17.7 Å². The number of hydrogen-bond donors (Lipinski definition) is 2. The van der Waals surface area contributed by atoms with Gasteiger partial charge >= 0.3 is 5.97 Å². The van der Waals surface area contributed by atoms with Gasteiger partial charge in [0.25, 0.3) is 0 Å². The van der Waals surface area contributed by atoms with Gasteiger partial charge in [-0.15, -0.1) is 0 Å². The van der Waals surface area contributed by atoms with E-state index in [1.165, 1.54) is 6.07 Å². The number of nitrogens with zero attached hydrogens (tertiary/aromatic N) is 1. The normalized spacial score (nSPS) is 10.2. The number of aryl methyl sites for hydroxylation is 1. The zero-order chi connectivity index (χ0) is 13.8. The molecule has 0 aliphatic rings. The van der Waals surface area contributed by atoms with Gasteiger partial charge in [-0.05, 0) is 18.6 Å². The minimum atomic E-state index is -1.06. The lowest BCUT2D eigenvalue weighted by molar-refractivity contribution is -0.115. The molecule has 19 heavy (non-hydrogen) atoms. The van der Waals surface area contributed by atoms with Crippen molar-refractivity contribution >= 4 is 17.8 Å². The van der Waals surface area contributed by atoms with Crippen molar-refractivity contribution in [2.24, 2.45) is 0 Å². The van der Waals surface area contributed by atoms with Crippen molar-refractivity contribution in [1.29, 1.82) is 0 Å². The van der Waals surface area contributed by atoms with Crippen LogP contribution in [0.25, 0.3) is 0 Å². The van der Waals surface area contributed by atoms with Crippen LogP contribution in [0.2, 0.25) is 0 Å². The second-order valence-corrected chi connectivity index (χ2v) is 4.02. The highest BCUT2D eigenvalue weighted by molar-refractivity contribution is 5.95. The first kappa shape index (κ1) is 12.8. The fraction of sp³-hybridized carbons (Fsp3) is 0.154. The number of carbonyl (C=O) groups excluding carboxylic acids is 1. The lowest BCUT2D eigenvalue weighted by atomic mass is 10.0. The predicted octanol–water partition coefficient (Wildman–Crippen LogP) is 1.86. The number of aromatic carboxylic acids is 1. The molecule has 0 fully saturated rings. The van der Waals surface area contributed by atoms with Crippen molar-refractivity contribution < 1.29 is 19.2 Å². The van der Waals surface area contributed by atoms with Gasteiger partial charge in [-0.25, -0.2) is 4.79 Å². The molecule has 6 heteroatoms.